The van der Waals surface area contributed by atoms with Crippen molar-refractivity contribution in [3.63, 3.8) is 0 Å². The minimum absolute atomic E-state index is 0.0210. The molecule has 13 heteroatoms. The number of carboxylic acids is 1. The van der Waals surface area contributed by atoms with Gasteiger partial charge in [-0.1, -0.05) is 11.6 Å². The van der Waals surface area contributed by atoms with E-state index < -0.39 is 35.8 Å². The van der Waals surface area contributed by atoms with E-state index in [9.17, 15) is 22.8 Å². The number of benzene rings is 1. The molecule has 1 aromatic carbocycles. The first-order valence-electron chi connectivity index (χ1n) is 8.57. The fraction of sp³-hybridized carbons (Fsp3) is 0.222. The average molecular weight is 459 g/mol. The van der Waals surface area contributed by atoms with Crippen LogP contribution in [0.3, 0.4) is 0 Å². The maximum absolute atomic E-state index is 14.4. The third-order valence-corrected chi connectivity index (χ3v) is 4.28. The largest absolute Gasteiger partial charge is 0.479 e. The summed E-state index contributed by atoms with van der Waals surface area (Å²) in [5.74, 6) is -2.43. The van der Waals surface area contributed by atoms with Crippen molar-refractivity contribution >= 4 is 17.6 Å². The second-order valence-electron chi connectivity index (χ2n) is 6.16. The lowest BCUT2D eigenvalue weighted by molar-refractivity contribution is -0.144. The Morgan fingerprint density at radius 1 is 1.29 bits per heavy atom. The summed E-state index contributed by atoms with van der Waals surface area (Å²) >= 11 is 5.99. The van der Waals surface area contributed by atoms with Crippen LogP contribution in [0.1, 0.15) is 19.3 Å². The first-order valence-corrected chi connectivity index (χ1v) is 8.95. The predicted molar refractivity (Wildman–Crippen MR) is 101 cm³/mol. The number of aromatic nitrogens is 4. The van der Waals surface area contributed by atoms with Crippen LogP contribution in [0.15, 0.2) is 35.3 Å². The van der Waals surface area contributed by atoms with Crippen LogP contribution in [0.25, 0.3) is 5.69 Å². The predicted octanol–water partition coefficient (Wildman–Crippen LogP) is 3.57. The Hall–Kier alpha value is -3.54. The Balaban J connectivity index is 1.91. The van der Waals surface area contributed by atoms with E-state index in [0.29, 0.717) is 4.68 Å². The molecule has 31 heavy (non-hydrogen) atoms. The van der Waals surface area contributed by atoms with Crippen molar-refractivity contribution in [2.45, 2.75) is 26.5 Å². The van der Waals surface area contributed by atoms with Gasteiger partial charge in [-0.15, -0.1) is 5.10 Å². The molecule has 1 unspecified atom stereocenters. The molecule has 0 amide bonds. The minimum Gasteiger partial charge on any atom is -0.479 e. The van der Waals surface area contributed by atoms with Crippen molar-refractivity contribution in [3.8, 4) is 23.1 Å². The van der Waals surface area contributed by atoms with E-state index in [2.05, 4.69) is 10.1 Å². The van der Waals surface area contributed by atoms with Crippen molar-refractivity contribution in [2.75, 3.05) is 0 Å². The highest BCUT2D eigenvalue weighted by Crippen LogP contribution is 2.33. The quantitative estimate of drug-likeness (QED) is 0.576. The van der Waals surface area contributed by atoms with Gasteiger partial charge in [-0.2, -0.15) is 13.5 Å². The van der Waals surface area contributed by atoms with Crippen LogP contribution < -0.4 is 15.2 Å². The van der Waals surface area contributed by atoms with Gasteiger partial charge in [0.25, 0.3) is 0 Å². The zero-order valence-electron chi connectivity index (χ0n) is 15.9. The maximum Gasteiger partial charge on any atom is 0.355 e. The van der Waals surface area contributed by atoms with Crippen molar-refractivity contribution in [1.82, 2.24) is 19.3 Å². The summed E-state index contributed by atoms with van der Waals surface area (Å²) in [6.07, 6.45) is 0.0775. The van der Waals surface area contributed by atoms with Gasteiger partial charge in [0, 0.05) is 12.1 Å². The van der Waals surface area contributed by atoms with Crippen LogP contribution in [0.5, 0.6) is 17.4 Å². The number of aliphatic carboxylic acids is 1. The highest BCUT2D eigenvalue weighted by Gasteiger charge is 2.22. The number of carbonyl (C=O) groups is 1. The Morgan fingerprint density at radius 3 is 2.55 bits per heavy atom. The molecular formula is C18H14ClF3N4O5. The fourth-order valence-corrected chi connectivity index (χ4v) is 2.66. The summed E-state index contributed by atoms with van der Waals surface area (Å²) in [5, 5.41) is 12.3. The summed E-state index contributed by atoms with van der Waals surface area (Å²) in [7, 11) is 0. The molecule has 3 aromatic rings. The Kier molecular flexibility index (Phi) is 6.20. The first kappa shape index (κ1) is 22.2. The van der Waals surface area contributed by atoms with Crippen LogP contribution in [0.4, 0.5) is 13.2 Å². The number of pyridine rings is 1. The van der Waals surface area contributed by atoms with Crippen LogP contribution in [-0.4, -0.2) is 36.5 Å². The van der Waals surface area contributed by atoms with Crippen LogP contribution in [-0.2, 0) is 4.79 Å². The molecule has 9 nitrogen and oxygen atoms in total. The molecule has 164 valence electrons. The number of hydrogen-bond donors (Lipinski definition) is 1. The molecular weight excluding hydrogens is 445 g/mol. The van der Waals surface area contributed by atoms with Crippen molar-refractivity contribution in [3.05, 3.63) is 57.6 Å². The van der Waals surface area contributed by atoms with Gasteiger partial charge in [-0.3, -0.25) is 0 Å². The van der Waals surface area contributed by atoms with E-state index in [-0.39, 0.29) is 32.8 Å². The lowest BCUT2D eigenvalue weighted by Gasteiger charge is -2.12. The second-order valence-corrected chi connectivity index (χ2v) is 6.56. The molecule has 0 radical (unpaired) electrons. The number of rotatable bonds is 7. The number of halogens is 4. The molecule has 0 saturated heterocycles. The van der Waals surface area contributed by atoms with Crippen molar-refractivity contribution < 1.29 is 32.5 Å². The van der Waals surface area contributed by atoms with Crippen molar-refractivity contribution in [2.24, 2.45) is 0 Å². The second kappa shape index (κ2) is 8.68. The van der Waals surface area contributed by atoms with Crippen LogP contribution >= 0.6 is 11.6 Å². The number of nitrogens with zero attached hydrogens (tertiary/aromatic N) is 4. The van der Waals surface area contributed by atoms with E-state index in [0.717, 1.165) is 12.1 Å². The molecule has 1 atom stereocenters. The molecule has 0 bridgehead atoms. The molecule has 2 aromatic heterocycles. The molecule has 0 fully saturated rings. The van der Waals surface area contributed by atoms with Gasteiger partial charge in [0.15, 0.2) is 11.9 Å². The molecule has 0 spiro atoms. The van der Waals surface area contributed by atoms with Crippen molar-refractivity contribution in [1.29, 1.82) is 0 Å². The summed E-state index contributed by atoms with van der Waals surface area (Å²) in [4.78, 5) is 26.9. The van der Waals surface area contributed by atoms with E-state index >= 15 is 0 Å². The SMILES string of the molecule is Cc1nn(-c2cc(Oc3ccc(OC(C)C(=O)O)nc3)c(Cl)cc2F)c(=O)n1C(F)F. The summed E-state index contributed by atoms with van der Waals surface area (Å²) in [6.45, 7) is -0.647. The summed E-state index contributed by atoms with van der Waals surface area (Å²) in [6, 6.07) is 4.59. The van der Waals surface area contributed by atoms with Gasteiger partial charge in [0.1, 0.15) is 23.0 Å². The minimum atomic E-state index is -3.15. The van der Waals surface area contributed by atoms with Gasteiger partial charge in [-0.05, 0) is 26.0 Å². The normalized spacial score (nSPS) is 12.1. The number of alkyl halides is 2. The molecule has 0 aliphatic carbocycles. The highest BCUT2D eigenvalue weighted by molar-refractivity contribution is 6.32. The molecule has 1 N–H and O–H groups in total. The number of aryl methyl sites for hydroxylation is 1. The molecule has 0 aliphatic rings. The van der Waals surface area contributed by atoms with E-state index in [4.69, 9.17) is 26.2 Å². The number of carboxylic acid groups (broad SMARTS) is 1. The van der Waals surface area contributed by atoms with Gasteiger partial charge in [0.2, 0.25) is 5.88 Å². The Bertz CT molecular complexity index is 1180. The van der Waals surface area contributed by atoms with Gasteiger partial charge in [-0.25, -0.2) is 23.5 Å². The lowest BCUT2D eigenvalue weighted by atomic mass is 10.3. The zero-order valence-corrected chi connectivity index (χ0v) is 16.7. The molecule has 0 saturated carbocycles. The van der Waals surface area contributed by atoms with E-state index in [1.54, 1.807) is 0 Å². The third-order valence-electron chi connectivity index (χ3n) is 3.99. The van der Waals surface area contributed by atoms with Crippen LogP contribution in [0.2, 0.25) is 5.02 Å². The number of ether oxygens (including phenoxy) is 2. The highest BCUT2D eigenvalue weighted by atomic mass is 35.5. The smallest absolute Gasteiger partial charge is 0.355 e. The fourth-order valence-electron chi connectivity index (χ4n) is 2.47. The molecule has 3 rings (SSSR count). The topological polar surface area (TPSA) is 108 Å². The van der Waals surface area contributed by atoms with Gasteiger partial charge < -0.3 is 14.6 Å². The van der Waals surface area contributed by atoms with Gasteiger partial charge in [0.05, 0.1) is 11.2 Å². The third kappa shape index (κ3) is 4.63. The standard InChI is InChI=1S/C18H14ClF3N4O5/c1-8(16(27)28)30-15-4-3-10(7-23-15)31-14-6-13(12(20)5-11(14)19)26-18(29)25(17(21)22)9(2)24-26/h3-8,17H,1-2H3,(H,27,28). The zero-order chi connectivity index (χ0) is 22.9. The number of hydrogen-bond acceptors (Lipinski definition) is 6. The van der Waals surface area contributed by atoms with E-state index in [1.807, 2.05) is 0 Å². The average Bonchev–Trinajstić information content (AvgIpc) is 2.99. The molecule has 0 aliphatic heterocycles. The Labute approximate surface area is 177 Å². The van der Waals surface area contributed by atoms with Crippen LogP contribution in [0, 0.1) is 12.7 Å². The lowest BCUT2D eigenvalue weighted by Crippen LogP contribution is -2.25. The van der Waals surface area contributed by atoms with E-state index in [1.165, 1.54) is 32.2 Å². The Morgan fingerprint density at radius 2 is 2.00 bits per heavy atom. The maximum atomic E-state index is 14.4. The summed E-state index contributed by atoms with van der Waals surface area (Å²) < 4.78 is 51.7. The van der Waals surface area contributed by atoms with Gasteiger partial charge >= 0.3 is 18.2 Å². The molecule has 2 heterocycles. The summed E-state index contributed by atoms with van der Waals surface area (Å²) in [5.41, 5.74) is -1.69. The monoisotopic (exact) mass is 458 g/mol. The first-order chi connectivity index (χ1) is 14.6.